The molecule has 0 spiro atoms. The molecule has 1 aromatic carbocycles. The number of piperidine rings is 1. The second kappa shape index (κ2) is 9.91. The zero-order chi connectivity index (χ0) is 18.6. The minimum Gasteiger partial charge on any atom is -0.363 e. The van der Waals surface area contributed by atoms with Gasteiger partial charge in [0.2, 0.25) is 0 Å². The predicted octanol–water partition coefficient (Wildman–Crippen LogP) is 4.59. The molecule has 2 heterocycles. The van der Waals surface area contributed by atoms with Gasteiger partial charge in [-0.05, 0) is 55.3 Å². The fraction of sp³-hybridized carbons (Fsp3) is 0.476. The van der Waals surface area contributed by atoms with Crippen molar-refractivity contribution in [2.75, 3.05) is 24.5 Å². The Morgan fingerprint density at radius 2 is 1.96 bits per heavy atom. The van der Waals surface area contributed by atoms with Crippen LogP contribution < -0.4 is 15.5 Å². The van der Waals surface area contributed by atoms with Crippen molar-refractivity contribution >= 4 is 46.3 Å². The number of benzene rings is 1. The minimum atomic E-state index is -0.102. The van der Waals surface area contributed by atoms with Crippen molar-refractivity contribution < 1.29 is 4.39 Å². The topological polar surface area (TPSA) is 39.7 Å². The van der Waals surface area contributed by atoms with Crippen molar-refractivity contribution in [1.29, 1.82) is 0 Å². The second-order valence-electron chi connectivity index (χ2n) is 7.29. The van der Waals surface area contributed by atoms with Crippen LogP contribution in [-0.2, 0) is 0 Å². The maximum absolute atomic E-state index is 14.0. The summed E-state index contributed by atoms with van der Waals surface area (Å²) in [6, 6.07) is 12.1. The fourth-order valence-corrected chi connectivity index (χ4v) is 4.61. The van der Waals surface area contributed by atoms with Crippen LogP contribution >= 0.6 is 35.3 Å². The van der Waals surface area contributed by atoms with Crippen molar-refractivity contribution in [2.45, 2.75) is 44.2 Å². The molecule has 2 atom stereocenters. The van der Waals surface area contributed by atoms with Crippen LogP contribution in [0.2, 0.25) is 0 Å². The Kier molecular flexibility index (Phi) is 7.56. The number of nitrogens with one attached hydrogen (secondary N) is 2. The van der Waals surface area contributed by atoms with E-state index in [9.17, 15) is 4.39 Å². The lowest BCUT2D eigenvalue weighted by Gasteiger charge is -2.33. The first-order valence-electron chi connectivity index (χ1n) is 9.85. The molecule has 1 aliphatic carbocycles. The first kappa shape index (κ1) is 21.4. The highest BCUT2D eigenvalue weighted by molar-refractivity contribution is 14.0. The van der Waals surface area contributed by atoms with Gasteiger partial charge in [0.15, 0.2) is 5.96 Å². The normalized spacial score (nSPS) is 22.5. The number of hydrogen-bond donors (Lipinski definition) is 2. The third-order valence-corrected chi connectivity index (χ3v) is 6.32. The first-order chi connectivity index (χ1) is 13.2. The van der Waals surface area contributed by atoms with Crippen LogP contribution in [0.4, 0.5) is 9.39 Å². The Morgan fingerprint density at radius 1 is 1.18 bits per heavy atom. The maximum Gasteiger partial charge on any atom is 0.191 e. The molecule has 1 aromatic heterocycles. The SMILES string of the molecule is CCN=C(NC1CCN(c2cccs2)CC1)NC1CC1c1ccccc1F.I. The molecule has 1 saturated heterocycles. The average molecular weight is 514 g/mol. The number of halogens is 2. The van der Waals surface area contributed by atoms with Crippen LogP contribution in [0.5, 0.6) is 0 Å². The Labute approximate surface area is 187 Å². The van der Waals surface area contributed by atoms with E-state index in [-0.39, 0.29) is 41.8 Å². The van der Waals surface area contributed by atoms with Gasteiger partial charge in [0.05, 0.1) is 5.00 Å². The lowest BCUT2D eigenvalue weighted by Crippen LogP contribution is -2.49. The van der Waals surface area contributed by atoms with Gasteiger partial charge < -0.3 is 15.5 Å². The molecule has 2 fully saturated rings. The van der Waals surface area contributed by atoms with Gasteiger partial charge in [0, 0.05) is 37.6 Å². The lowest BCUT2D eigenvalue weighted by atomic mass is 10.1. The molecule has 152 valence electrons. The quantitative estimate of drug-likeness (QED) is 0.349. The molecule has 2 aliphatic rings. The summed E-state index contributed by atoms with van der Waals surface area (Å²) < 4.78 is 14.0. The standard InChI is InChI=1S/C21H27FN4S.HI/c1-2-23-21(25-19-14-17(19)16-6-3-4-7-18(16)22)24-15-9-11-26(12-10-15)20-8-5-13-27-20;/h3-8,13,15,17,19H,2,9-12,14H2,1H3,(H2,23,24,25);1H. The number of rotatable bonds is 5. The lowest BCUT2D eigenvalue weighted by molar-refractivity contribution is 0.462. The Hall–Kier alpha value is -1.35. The van der Waals surface area contributed by atoms with Gasteiger partial charge in [-0.1, -0.05) is 18.2 Å². The van der Waals surface area contributed by atoms with Crippen molar-refractivity contribution in [3.63, 3.8) is 0 Å². The zero-order valence-corrected chi connectivity index (χ0v) is 19.3. The summed E-state index contributed by atoms with van der Waals surface area (Å²) in [5.74, 6) is 1.02. The molecule has 28 heavy (non-hydrogen) atoms. The molecular weight excluding hydrogens is 486 g/mol. The van der Waals surface area contributed by atoms with Gasteiger partial charge in [-0.25, -0.2) is 4.39 Å². The monoisotopic (exact) mass is 514 g/mol. The third-order valence-electron chi connectivity index (χ3n) is 5.39. The van der Waals surface area contributed by atoms with E-state index >= 15 is 0 Å². The van der Waals surface area contributed by atoms with E-state index in [1.165, 1.54) is 5.00 Å². The van der Waals surface area contributed by atoms with Gasteiger partial charge in [-0.3, -0.25) is 4.99 Å². The van der Waals surface area contributed by atoms with Crippen LogP contribution in [-0.4, -0.2) is 37.7 Å². The van der Waals surface area contributed by atoms with Crippen molar-refractivity contribution in [1.82, 2.24) is 10.6 Å². The number of hydrogen-bond acceptors (Lipinski definition) is 3. The van der Waals surface area contributed by atoms with Crippen LogP contribution in [0, 0.1) is 5.82 Å². The highest BCUT2D eigenvalue weighted by Crippen LogP contribution is 2.41. The first-order valence-corrected chi connectivity index (χ1v) is 10.7. The van der Waals surface area contributed by atoms with E-state index in [2.05, 4.69) is 38.0 Å². The van der Waals surface area contributed by atoms with Crippen LogP contribution in [0.15, 0.2) is 46.8 Å². The highest BCUT2D eigenvalue weighted by Gasteiger charge is 2.40. The Morgan fingerprint density at radius 3 is 2.64 bits per heavy atom. The Bertz CT molecular complexity index is 774. The van der Waals surface area contributed by atoms with Gasteiger partial charge in [-0.15, -0.1) is 35.3 Å². The number of anilines is 1. The maximum atomic E-state index is 14.0. The molecule has 0 amide bonds. The Balaban J connectivity index is 0.00000225. The summed E-state index contributed by atoms with van der Waals surface area (Å²) in [4.78, 5) is 7.07. The van der Waals surface area contributed by atoms with Crippen molar-refractivity contribution in [2.24, 2.45) is 4.99 Å². The number of guanidine groups is 1. The van der Waals surface area contributed by atoms with Crippen LogP contribution in [0.3, 0.4) is 0 Å². The van der Waals surface area contributed by atoms with E-state index in [0.29, 0.717) is 6.04 Å². The molecule has 4 rings (SSSR count). The van der Waals surface area contributed by atoms with Crippen molar-refractivity contribution in [3.8, 4) is 0 Å². The zero-order valence-electron chi connectivity index (χ0n) is 16.1. The molecule has 1 saturated carbocycles. The van der Waals surface area contributed by atoms with E-state index in [1.54, 1.807) is 12.1 Å². The molecule has 7 heteroatoms. The van der Waals surface area contributed by atoms with Gasteiger partial charge >= 0.3 is 0 Å². The van der Waals surface area contributed by atoms with Crippen molar-refractivity contribution in [3.05, 3.63) is 53.2 Å². The summed E-state index contributed by atoms with van der Waals surface area (Å²) in [7, 11) is 0. The molecule has 0 radical (unpaired) electrons. The molecule has 2 N–H and O–H groups in total. The smallest absolute Gasteiger partial charge is 0.191 e. The summed E-state index contributed by atoms with van der Waals surface area (Å²) in [5.41, 5.74) is 0.815. The summed E-state index contributed by atoms with van der Waals surface area (Å²) in [5, 5.41) is 10.6. The molecule has 4 nitrogen and oxygen atoms in total. The second-order valence-corrected chi connectivity index (χ2v) is 8.22. The van der Waals surface area contributed by atoms with Gasteiger partial charge in [0.1, 0.15) is 5.82 Å². The van der Waals surface area contributed by atoms with E-state index < -0.39 is 0 Å². The van der Waals surface area contributed by atoms with Crippen LogP contribution in [0.25, 0.3) is 0 Å². The summed E-state index contributed by atoms with van der Waals surface area (Å²) in [6.07, 6.45) is 3.16. The highest BCUT2D eigenvalue weighted by atomic mass is 127. The van der Waals surface area contributed by atoms with Gasteiger partial charge in [-0.2, -0.15) is 0 Å². The molecule has 0 bridgehead atoms. The molecule has 2 aromatic rings. The summed E-state index contributed by atoms with van der Waals surface area (Å²) in [6.45, 7) is 4.92. The summed E-state index contributed by atoms with van der Waals surface area (Å²) >= 11 is 1.81. The molecular formula is C21H28FIN4S. The van der Waals surface area contributed by atoms with E-state index in [4.69, 9.17) is 0 Å². The predicted molar refractivity (Wildman–Crippen MR) is 127 cm³/mol. The largest absolute Gasteiger partial charge is 0.363 e. The van der Waals surface area contributed by atoms with E-state index in [1.807, 2.05) is 30.4 Å². The number of thiophene rings is 1. The van der Waals surface area contributed by atoms with Crippen LogP contribution in [0.1, 0.15) is 37.7 Å². The average Bonchev–Trinajstić information content (AvgIpc) is 3.21. The number of nitrogens with zero attached hydrogens (tertiary/aromatic N) is 2. The van der Waals surface area contributed by atoms with Gasteiger partial charge in [0.25, 0.3) is 0 Å². The molecule has 1 aliphatic heterocycles. The molecule has 2 unspecified atom stereocenters. The fourth-order valence-electron chi connectivity index (χ4n) is 3.83. The third kappa shape index (κ3) is 5.17. The van der Waals surface area contributed by atoms with E-state index in [0.717, 1.165) is 50.4 Å². The number of aliphatic imine (C=N–C) groups is 1. The minimum absolute atomic E-state index is 0.